The van der Waals surface area contributed by atoms with E-state index in [1.54, 1.807) is 11.3 Å². The Labute approximate surface area is 196 Å². The molecule has 0 saturated heterocycles. The van der Waals surface area contributed by atoms with Gasteiger partial charge in [-0.3, -0.25) is 9.36 Å². The molecule has 32 heavy (non-hydrogen) atoms. The molecule has 0 N–H and O–H groups in total. The van der Waals surface area contributed by atoms with Gasteiger partial charge in [0.05, 0.1) is 5.25 Å². The standard InChI is InChI=1S/C25H24N4OS2/c1-18(24(30)28-15-7-10-19-9-5-6-14-22(19)28)32-25-27-26-23(17-21-13-8-16-31-21)29(25)20-11-3-2-4-12-20/h2-6,8-9,11-14,16,18H,7,10,15,17H2,1H3. The van der Waals surface area contributed by atoms with Gasteiger partial charge in [-0.15, -0.1) is 21.5 Å². The fraction of sp³-hybridized carbons (Fsp3) is 0.240. The van der Waals surface area contributed by atoms with Crippen molar-refractivity contribution in [1.82, 2.24) is 14.8 Å². The molecule has 1 unspecified atom stereocenters. The summed E-state index contributed by atoms with van der Waals surface area (Å²) in [5.41, 5.74) is 3.30. The summed E-state index contributed by atoms with van der Waals surface area (Å²) in [6.45, 7) is 2.73. The number of benzene rings is 2. The minimum Gasteiger partial charge on any atom is -0.311 e. The smallest absolute Gasteiger partial charge is 0.240 e. The zero-order chi connectivity index (χ0) is 21.9. The van der Waals surface area contributed by atoms with E-state index in [4.69, 9.17) is 0 Å². The van der Waals surface area contributed by atoms with Crippen LogP contribution >= 0.6 is 23.1 Å². The van der Waals surface area contributed by atoms with E-state index in [0.717, 1.165) is 41.7 Å². The second-order valence-electron chi connectivity index (χ2n) is 7.81. The highest BCUT2D eigenvalue weighted by molar-refractivity contribution is 8.00. The number of hydrogen-bond donors (Lipinski definition) is 0. The molecule has 2 aromatic heterocycles. The summed E-state index contributed by atoms with van der Waals surface area (Å²) in [4.78, 5) is 16.6. The fourth-order valence-corrected chi connectivity index (χ4v) is 5.74. The summed E-state index contributed by atoms with van der Waals surface area (Å²) in [7, 11) is 0. The van der Waals surface area contributed by atoms with Gasteiger partial charge in [-0.2, -0.15) is 0 Å². The first kappa shape index (κ1) is 21.0. The first-order valence-electron chi connectivity index (χ1n) is 10.8. The van der Waals surface area contributed by atoms with Crippen LogP contribution in [-0.2, 0) is 17.6 Å². The Morgan fingerprint density at radius 2 is 1.88 bits per heavy atom. The van der Waals surface area contributed by atoms with Crippen molar-refractivity contribution in [3.8, 4) is 5.69 Å². The number of fused-ring (bicyclic) bond motifs is 1. The van der Waals surface area contributed by atoms with Gasteiger partial charge in [0.1, 0.15) is 5.82 Å². The van der Waals surface area contributed by atoms with E-state index in [2.05, 4.69) is 56.5 Å². The summed E-state index contributed by atoms with van der Waals surface area (Å²) in [5, 5.41) is 11.5. The molecule has 3 heterocycles. The molecule has 1 atom stereocenters. The van der Waals surface area contributed by atoms with Crippen molar-refractivity contribution < 1.29 is 4.79 Å². The number of thioether (sulfide) groups is 1. The van der Waals surface area contributed by atoms with Gasteiger partial charge in [-0.25, -0.2) is 0 Å². The molecule has 0 saturated carbocycles. The minimum absolute atomic E-state index is 0.115. The topological polar surface area (TPSA) is 51.0 Å². The Kier molecular flexibility index (Phi) is 6.10. The lowest BCUT2D eigenvalue weighted by Gasteiger charge is -2.31. The second-order valence-corrected chi connectivity index (χ2v) is 10.1. The molecular formula is C25H24N4OS2. The molecule has 1 amide bonds. The molecule has 2 aromatic carbocycles. The van der Waals surface area contributed by atoms with Crippen molar-refractivity contribution in [2.75, 3.05) is 11.4 Å². The number of thiophene rings is 1. The van der Waals surface area contributed by atoms with Crippen molar-refractivity contribution in [3.63, 3.8) is 0 Å². The number of aromatic nitrogens is 3. The van der Waals surface area contributed by atoms with Crippen LogP contribution in [0.25, 0.3) is 5.69 Å². The van der Waals surface area contributed by atoms with Gasteiger partial charge in [0.15, 0.2) is 5.16 Å². The molecular weight excluding hydrogens is 436 g/mol. The molecule has 0 spiro atoms. The summed E-state index contributed by atoms with van der Waals surface area (Å²) < 4.78 is 2.08. The Morgan fingerprint density at radius 1 is 1.06 bits per heavy atom. The Balaban J connectivity index is 1.43. The normalized spacial score (nSPS) is 14.2. The highest BCUT2D eigenvalue weighted by Crippen LogP contribution is 2.32. The van der Waals surface area contributed by atoms with E-state index in [9.17, 15) is 4.79 Å². The van der Waals surface area contributed by atoms with Crippen LogP contribution in [0.5, 0.6) is 0 Å². The summed E-state index contributed by atoms with van der Waals surface area (Å²) in [5.74, 6) is 0.994. The number of nitrogens with zero attached hydrogens (tertiary/aromatic N) is 4. The molecule has 0 aliphatic carbocycles. The molecule has 5 rings (SSSR count). The first-order valence-corrected chi connectivity index (χ1v) is 12.5. The number of carbonyl (C=O) groups is 1. The van der Waals surface area contributed by atoms with E-state index in [0.29, 0.717) is 6.42 Å². The molecule has 0 fully saturated rings. The number of anilines is 1. The van der Waals surface area contributed by atoms with Gasteiger partial charge in [-0.05, 0) is 55.0 Å². The number of carbonyl (C=O) groups excluding carboxylic acids is 1. The maximum Gasteiger partial charge on any atom is 0.240 e. The van der Waals surface area contributed by atoms with Gasteiger partial charge in [0.25, 0.3) is 0 Å². The summed E-state index contributed by atoms with van der Waals surface area (Å²) in [6, 6.07) is 22.5. The monoisotopic (exact) mass is 460 g/mol. The zero-order valence-corrected chi connectivity index (χ0v) is 19.5. The van der Waals surface area contributed by atoms with Gasteiger partial charge in [0.2, 0.25) is 5.91 Å². The van der Waals surface area contributed by atoms with Crippen molar-refractivity contribution in [1.29, 1.82) is 0 Å². The van der Waals surface area contributed by atoms with Crippen LogP contribution in [-0.4, -0.2) is 32.5 Å². The summed E-state index contributed by atoms with van der Waals surface area (Å²) in [6.07, 6.45) is 2.73. The maximum atomic E-state index is 13.4. The highest BCUT2D eigenvalue weighted by atomic mass is 32.2. The molecule has 1 aliphatic rings. The Hall–Kier alpha value is -2.90. The Morgan fingerprint density at radius 3 is 2.69 bits per heavy atom. The van der Waals surface area contributed by atoms with Crippen molar-refractivity contribution in [2.24, 2.45) is 0 Å². The van der Waals surface area contributed by atoms with E-state index >= 15 is 0 Å². The number of amides is 1. The molecule has 162 valence electrons. The first-order chi connectivity index (χ1) is 15.7. The molecule has 0 radical (unpaired) electrons. The molecule has 5 nitrogen and oxygen atoms in total. The van der Waals surface area contributed by atoms with Crippen LogP contribution in [0.2, 0.25) is 0 Å². The van der Waals surface area contributed by atoms with Crippen molar-refractivity contribution in [2.45, 2.75) is 36.6 Å². The highest BCUT2D eigenvalue weighted by Gasteiger charge is 2.28. The van der Waals surface area contributed by atoms with Crippen LogP contribution in [0.4, 0.5) is 5.69 Å². The third-order valence-electron chi connectivity index (χ3n) is 5.63. The van der Waals surface area contributed by atoms with Crippen LogP contribution in [0.3, 0.4) is 0 Å². The zero-order valence-electron chi connectivity index (χ0n) is 17.8. The lowest BCUT2D eigenvalue weighted by atomic mass is 10.0. The SMILES string of the molecule is CC(Sc1nnc(Cc2cccs2)n1-c1ccccc1)C(=O)N1CCCc2ccccc21. The largest absolute Gasteiger partial charge is 0.311 e. The number of rotatable bonds is 6. The van der Waals surface area contributed by atoms with Gasteiger partial charge in [0, 0.05) is 29.2 Å². The average molecular weight is 461 g/mol. The van der Waals surface area contributed by atoms with Gasteiger partial charge >= 0.3 is 0 Å². The predicted molar refractivity (Wildman–Crippen MR) is 131 cm³/mol. The number of para-hydroxylation sites is 2. The maximum absolute atomic E-state index is 13.4. The van der Waals surface area contributed by atoms with Crippen LogP contribution < -0.4 is 4.90 Å². The van der Waals surface area contributed by atoms with Crippen LogP contribution in [0.15, 0.2) is 77.3 Å². The number of hydrogen-bond acceptors (Lipinski definition) is 5. The van der Waals surface area contributed by atoms with Gasteiger partial charge in [-0.1, -0.05) is 54.2 Å². The lowest BCUT2D eigenvalue weighted by Crippen LogP contribution is -2.40. The Bertz CT molecular complexity index is 1200. The lowest BCUT2D eigenvalue weighted by molar-refractivity contribution is -0.117. The minimum atomic E-state index is -0.276. The molecule has 4 aromatic rings. The van der Waals surface area contributed by atoms with E-state index in [-0.39, 0.29) is 11.2 Å². The van der Waals surface area contributed by atoms with Crippen LogP contribution in [0, 0.1) is 0 Å². The second kappa shape index (κ2) is 9.30. The van der Waals surface area contributed by atoms with E-state index in [1.807, 2.05) is 42.2 Å². The molecule has 7 heteroatoms. The third kappa shape index (κ3) is 4.23. The van der Waals surface area contributed by atoms with Gasteiger partial charge < -0.3 is 4.90 Å². The van der Waals surface area contributed by atoms with E-state index < -0.39 is 0 Å². The molecule has 1 aliphatic heterocycles. The average Bonchev–Trinajstić information content (AvgIpc) is 3.49. The predicted octanol–water partition coefficient (Wildman–Crippen LogP) is 5.38. The molecule has 0 bridgehead atoms. The quantitative estimate of drug-likeness (QED) is 0.363. The third-order valence-corrected chi connectivity index (χ3v) is 7.54. The number of aryl methyl sites for hydroxylation is 1. The van der Waals surface area contributed by atoms with Crippen LogP contribution in [0.1, 0.15) is 29.6 Å². The van der Waals surface area contributed by atoms with Crippen molar-refractivity contribution >= 4 is 34.7 Å². The van der Waals surface area contributed by atoms with Crippen molar-refractivity contribution in [3.05, 3.63) is 88.4 Å². The van der Waals surface area contributed by atoms with E-state index in [1.165, 1.54) is 22.2 Å². The fourth-order valence-electron chi connectivity index (χ4n) is 4.09. The summed E-state index contributed by atoms with van der Waals surface area (Å²) >= 11 is 3.19.